The van der Waals surface area contributed by atoms with Gasteiger partial charge in [-0.15, -0.1) is 6.58 Å². The third-order valence-electron chi connectivity index (χ3n) is 5.06. The summed E-state index contributed by atoms with van der Waals surface area (Å²) >= 11 is 1.32. The lowest BCUT2D eigenvalue weighted by atomic mass is 10.1. The molecule has 0 spiro atoms. The lowest BCUT2D eigenvalue weighted by Crippen LogP contribution is -2.39. The van der Waals surface area contributed by atoms with Gasteiger partial charge in [-0.3, -0.25) is 14.2 Å². The van der Waals surface area contributed by atoms with Crippen molar-refractivity contribution < 1.29 is 4.79 Å². The summed E-state index contributed by atoms with van der Waals surface area (Å²) in [5.74, 6) is 1.66. The van der Waals surface area contributed by atoms with Crippen molar-refractivity contribution in [1.82, 2.24) is 14.9 Å². The van der Waals surface area contributed by atoms with Crippen LogP contribution >= 0.6 is 11.8 Å². The highest BCUT2D eigenvalue weighted by Crippen LogP contribution is 2.44. The second-order valence-corrected chi connectivity index (χ2v) is 8.12. The highest BCUT2D eigenvalue weighted by Gasteiger charge is 2.42. The molecule has 1 amide bonds. The monoisotopic (exact) mass is 369 g/mol. The van der Waals surface area contributed by atoms with Gasteiger partial charge in [0.25, 0.3) is 5.56 Å². The Balaban J connectivity index is 1.50. The molecule has 136 valence electrons. The number of amides is 1. The van der Waals surface area contributed by atoms with Gasteiger partial charge in [0, 0.05) is 12.6 Å². The van der Waals surface area contributed by atoms with E-state index in [1.54, 1.807) is 16.7 Å². The molecule has 1 aromatic carbocycles. The van der Waals surface area contributed by atoms with E-state index in [1.807, 2.05) is 18.2 Å². The number of nitrogens with zero attached hydrogens (tertiary/aromatic N) is 2. The standard InChI is InChI=1S/C20H23N3O2S/c1-2-11-23-19(25)15-5-3-4-6-16(15)21-20(23)26-12-17(24)22-18(13-7-8-13)14-9-10-14/h2-6,13-14,18H,1,7-12H2,(H,22,24). The molecule has 0 saturated heterocycles. The Morgan fingerprint density at radius 1 is 1.31 bits per heavy atom. The summed E-state index contributed by atoms with van der Waals surface area (Å²) in [6.07, 6.45) is 6.62. The molecular formula is C20H23N3O2S. The largest absolute Gasteiger partial charge is 0.352 e. The van der Waals surface area contributed by atoms with Crippen molar-refractivity contribution in [3.63, 3.8) is 0 Å². The smallest absolute Gasteiger partial charge is 0.262 e. The van der Waals surface area contributed by atoms with Gasteiger partial charge >= 0.3 is 0 Å². The maximum absolute atomic E-state index is 12.7. The van der Waals surface area contributed by atoms with Crippen molar-refractivity contribution in [2.45, 2.75) is 43.4 Å². The number of aromatic nitrogens is 2. The number of hydrogen-bond acceptors (Lipinski definition) is 4. The molecule has 4 rings (SSSR count). The minimum absolute atomic E-state index is 0.0337. The quantitative estimate of drug-likeness (QED) is 0.441. The summed E-state index contributed by atoms with van der Waals surface area (Å²) in [7, 11) is 0. The highest BCUT2D eigenvalue weighted by molar-refractivity contribution is 7.99. The molecule has 2 aromatic rings. The number of rotatable bonds is 8. The zero-order valence-electron chi connectivity index (χ0n) is 14.7. The molecule has 2 aliphatic rings. The van der Waals surface area contributed by atoms with E-state index < -0.39 is 0 Å². The van der Waals surface area contributed by atoms with Gasteiger partial charge in [0.1, 0.15) is 0 Å². The summed E-state index contributed by atoms with van der Waals surface area (Å²) in [6.45, 7) is 4.11. The fourth-order valence-electron chi connectivity index (χ4n) is 3.44. The molecule has 0 bridgehead atoms. The van der Waals surface area contributed by atoms with Gasteiger partial charge in [0.05, 0.1) is 16.7 Å². The van der Waals surface area contributed by atoms with Gasteiger partial charge in [0.15, 0.2) is 5.16 Å². The molecule has 0 unspecified atom stereocenters. The molecule has 1 N–H and O–H groups in total. The molecule has 0 radical (unpaired) electrons. The summed E-state index contributed by atoms with van der Waals surface area (Å²) in [4.78, 5) is 29.8. The van der Waals surface area contributed by atoms with Crippen molar-refractivity contribution in [3.8, 4) is 0 Å². The van der Waals surface area contributed by atoms with Crippen molar-refractivity contribution in [2.75, 3.05) is 5.75 Å². The molecule has 6 heteroatoms. The van der Waals surface area contributed by atoms with Gasteiger partial charge in [-0.1, -0.05) is 30.0 Å². The summed E-state index contributed by atoms with van der Waals surface area (Å²) in [5.41, 5.74) is 0.571. The van der Waals surface area contributed by atoms with Crippen LogP contribution in [0.15, 0.2) is 46.9 Å². The highest BCUT2D eigenvalue weighted by atomic mass is 32.2. The number of fused-ring (bicyclic) bond motifs is 1. The van der Waals surface area contributed by atoms with E-state index in [4.69, 9.17) is 0 Å². The first kappa shape index (κ1) is 17.3. The van der Waals surface area contributed by atoms with Crippen LogP contribution in [0, 0.1) is 11.8 Å². The van der Waals surface area contributed by atoms with Crippen LogP contribution in [0.5, 0.6) is 0 Å². The minimum Gasteiger partial charge on any atom is -0.352 e. The molecule has 2 aliphatic carbocycles. The van der Waals surface area contributed by atoms with Crippen LogP contribution in [-0.2, 0) is 11.3 Å². The second-order valence-electron chi connectivity index (χ2n) is 7.17. The van der Waals surface area contributed by atoms with E-state index in [1.165, 1.54) is 37.4 Å². The summed E-state index contributed by atoms with van der Waals surface area (Å²) < 4.78 is 1.59. The fourth-order valence-corrected chi connectivity index (χ4v) is 4.26. The van der Waals surface area contributed by atoms with E-state index in [0.717, 1.165) is 0 Å². The Kier molecular flexibility index (Phi) is 4.85. The number of benzene rings is 1. The van der Waals surface area contributed by atoms with Crippen molar-refractivity contribution >= 4 is 28.6 Å². The summed E-state index contributed by atoms with van der Waals surface area (Å²) in [6, 6.07) is 7.66. The summed E-state index contributed by atoms with van der Waals surface area (Å²) in [5, 5.41) is 4.38. The SMILES string of the molecule is C=CCn1c(SCC(=O)NC(C2CC2)C2CC2)nc2ccccc2c1=O. The predicted molar refractivity (Wildman–Crippen MR) is 104 cm³/mol. The van der Waals surface area contributed by atoms with Crippen LogP contribution < -0.4 is 10.9 Å². The van der Waals surface area contributed by atoms with Crippen LogP contribution in [-0.4, -0.2) is 27.3 Å². The lowest BCUT2D eigenvalue weighted by Gasteiger charge is -2.17. The molecule has 1 aromatic heterocycles. The molecule has 2 saturated carbocycles. The first-order valence-electron chi connectivity index (χ1n) is 9.20. The first-order chi connectivity index (χ1) is 12.7. The zero-order chi connectivity index (χ0) is 18.1. The van der Waals surface area contributed by atoms with Crippen LogP contribution in [0.1, 0.15) is 25.7 Å². The lowest BCUT2D eigenvalue weighted by molar-refractivity contribution is -0.119. The Bertz CT molecular complexity index is 888. The van der Waals surface area contributed by atoms with E-state index in [-0.39, 0.29) is 17.2 Å². The van der Waals surface area contributed by atoms with Crippen LogP contribution in [0.25, 0.3) is 10.9 Å². The fraction of sp³-hybridized carbons (Fsp3) is 0.450. The Morgan fingerprint density at radius 3 is 2.65 bits per heavy atom. The number of allylic oxidation sites excluding steroid dienone is 1. The third-order valence-corrected chi connectivity index (χ3v) is 6.03. The van der Waals surface area contributed by atoms with Crippen molar-refractivity contribution in [1.29, 1.82) is 0 Å². The normalized spacial score (nSPS) is 16.8. The topological polar surface area (TPSA) is 64.0 Å². The van der Waals surface area contributed by atoms with E-state index >= 15 is 0 Å². The Hall–Kier alpha value is -2.08. The van der Waals surface area contributed by atoms with Gasteiger partial charge in [-0.05, 0) is 49.7 Å². The van der Waals surface area contributed by atoms with Crippen molar-refractivity contribution in [3.05, 3.63) is 47.3 Å². The number of nitrogens with one attached hydrogen (secondary N) is 1. The molecule has 0 atom stereocenters. The average Bonchev–Trinajstić information content (AvgIpc) is 3.54. The molecule has 2 fully saturated rings. The van der Waals surface area contributed by atoms with Crippen molar-refractivity contribution in [2.24, 2.45) is 11.8 Å². The average molecular weight is 369 g/mol. The molecule has 26 heavy (non-hydrogen) atoms. The minimum atomic E-state index is -0.0905. The Morgan fingerprint density at radius 2 is 2.00 bits per heavy atom. The number of thioether (sulfide) groups is 1. The van der Waals surface area contributed by atoms with Gasteiger partial charge in [0.2, 0.25) is 5.91 Å². The van der Waals surface area contributed by atoms with E-state index in [2.05, 4.69) is 16.9 Å². The van der Waals surface area contributed by atoms with Crippen LogP contribution in [0.3, 0.4) is 0 Å². The van der Waals surface area contributed by atoms with Crippen LogP contribution in [0.4, 0.5) is 0 Å². The first-order valence-corrected chi connectivity index (χ1v) is 10.2. The van der Waals surface area contributed by atoms with E-state index in [9.17, 15) is 9.59 Å². The molecule has 5 nitrogen and oxygen atoms in total. The Labute approximate surface area is 156 Å². The number of carbonyl (C=O) groups excluding carboxylic acids is 1. The number of hydrogen-bond donors (Lipinski definition) is 1. The van der Waals surface area contributed by atoms with Gasteiger partial charge in [-0.25, -0.2) is 4.98 Å². The van der Waals surface area contributed by atoms with Crippen LogP contribution in [0.2, 0.25) is 0 Å². The molecule has 1 heterocycles. The van der Waals surface area contributed by atoms with E-state index in [0.29, 0.717) is 40.5 Å². The molecule has 0 aliphatic heterocycles. The maximum Gasteiger partial charge on any atom is 0.262 e. The third kappa shape index (κ3) is 3.70. The zero-order valence-corrected chi connectivity index (χ0v) is 15.5. The maximum atomic E-state index is 12.7. The predicted octanol–water partition coefficient (Wildman–Crippen LogP) is 2.98. The van der Waals surface area contributed by atoms with Gasteiger partial charge < -0.3 is 5.32 Å². The number of carbonyl (C=O) groups is 1. The van der Waals surface area contributed by atoms with Gasteiger partial charge in [-0.2, -0.15) is 0 Å². The number of para-hydroxylation sites is 1. The second kappa shape index (κ2) is 7.27. The molecular weight excluding hydrogens is 346 g/mol.